The lowest BCUT2D eigenvalue weighted by molar-refractivity contribution is 0.998. The van der Waals surface area contributed by atoms with Gasteiger partial charge < -0.3 is 10.3 Å². The summed E-state index contributed by atoms with van der Waals surface area (Å²) in [4.78, 5) is 15.4. The van der Waals surface area contributed by atoms with Gasteiger partial charge in [-0.3, -0.25) is 4.79 Å². The molecule has 0 spiro atoms. The molecule has 3 N–H and O–H groups in total. The largest absolute Gasteiger partial charge is 0.388 e. The maximum absolute atomic E-state index is 12.2. The summed E-state index contributed by atoms with van der Waals surface area (Å²) in [7, 11) is 1.88. The molecule has 0 unspecified atom stereocenters. The number of nitrogens with zero attached hydrogens (tertiary/aromatic N) is 1. The minimum absolute atomic E-state index is 0.194. The van der Waals surface area contributed by atoms with Gasteiger partial charge in [-0.25, -0.2) is 5.10 Å². The minimum atomic E-state index is -0.194. The normalized spacial score (nSPS) is 10.9. The first kappa shape index (κ1) is 14.3. The van der Waals surface area contributed by atoms with Gasteiger partial charge in [-0.1, -0.05) is 18.2 Å². The summed E-state index contributed by atoms with van der Waals surface area (Å²) in [6, 6.07) is 17.7. The molecule has 0 aliphatic rings. The smallest absolute Gasteiger partial charge is 0.272 e. The van der Waals surface area contributed by atoms with Crippen molar-refractivity contribution in [3.63, 3.8) is 0 Å². The molecule has 118 valence electrons. The fourth-order valence-corrected chi connectivity index (χ4v) is 2.80. The SMILES string of the molecule is CNc1ccc(-c2cc(-c3ccc4[nH]ccc4c3)c(=O)[nH]n2)cc1. The van der Waals surface area contributed by atoms with Crippen molar-refractivity contribution in [3.05, 3.63) is 71.1 Å². The molecule has 0 saturated carbocycles. The Balaban J connectivity index is 1.81. The molecular formula is C19H16N4O. The highest BCUT2D eigenvalue weighted by Gasteiger charge is 2.09. The number of hydrogen-bond acceptors (Lipinski definition) is 3. The van der Waals surface area contributed by atoms with E-state index >= 15 is 0 Å². The van der Waals surface area contributed by atoms with Crippen LogP contribution in [0.2, 0.25) is 0 Å². The maximum Gasteiger partial charge on any atom is 0.272 e. The van der Waals surface area contributed by atoms with Gasteiger partial charge in [0.05, 0.1) is 11.3 Å². The predicted molar refractivity (Wildman–Crippen MR) is 97.1 cm³/mol. The Bertz CT molecular complexity index is 1060. The maximum atomic E-state index is 12.2. The summed E-state index contributed by atoms with van der Waals surface area (Å²) < 4.78 is 0. The van der Waals surface area contributed by atoms with Gasteiger partial charge >= 0.3 is 0 Å². The lowest BCUT2D eigenvalue weighted by Crippen LogP contribution is -2.11. The number of fused-ring (bicyclic) bond motifs is 1. The van der Waals surface area contributed by atoms with E-state index < -0.39 is 0 Å². The lowest BCUT2D eigenvalue weighted by Gasteiger charge is -2.06. The number of benzene rings is 2. The van der Waals surface area contributed by atoms with Crippen molar-refractivity contribution in [1.29, 1.82) is 0 Å². The number of anilines is 1. The summed E-state index contributed by atoms with van der Waals surface area (Å²) in [5, 5.41) is 10.9. The summed E-state index contributed by atoms with van der Waals surface area (Å²) >= 11 is 0. The van der Waals surface area contributed by atoms with Crippen LogP contribution in [-0.4, -0.2) is 22.2 Å². The number of aromatic amines is 2. The fraction of sp³-hybridized carbons (Fsp3) is 0.0526. The van der Waals surface area contributed by atoms with Crippen molar-refractivity contribution >= 4 is 16.6 Å². The minimum Gasteiger partial charge on any atom is -0.388 e. The molecule has 5 nitrogen and oxygen atoms in total. The second-order valence-corrected chi connectivity index (χ2v) is 5.60. The Labute approximate surface area is 138 Å². The van der Waals surface area contributed by atoms with Crippen LogP contribution in [0.4, 0.5) is 5.69 Å². The van der Waals surface area contributed by atoms with Gasteiger partial charge in [0, 0.05) is 30.0 Å². The van der Waals surface area contributed by atoms with E-state index in [1.807, 2.05) is 67.8 Å². The van der Waals surface area contributed by atoms with E-state index in [2.05, 4.69) is 20.5 Å². The van der Waals surface area contributed by atoms with Gasteiger partial charge in [0.15, 0.2) is 0 Å². The molecule has 0 saturated heterocycles. The highest BCUT2D eigenvalue weighted by Crippen LogP contribution is 2.25. The molecule has 2 aromatic carbocycles. The number of aromatic nitrogens is 3. The van der Waals surface area contributed by atoms with E-state index in [1.54, 1.807) is 0 Å². The first-order valence-corrected chi connectivity index (χ1v) is 7.70. The average molecular weight is 316 g/mol. The molecule has 0 radical (unpaired) electrons. The van der Waals surface area contributed by atoms with Gasteiger partial charge in [-0.05, 0) is 47.3 Å². The van der Waals surface area contributed by atoms with Crippen LogP contribution in [0.25, 0.3) is 33.3 Å². The van der Waals surface area contributed by atoms with Gasteiger partial charge in [-0.2, -0.15) is 5.10 Å². The van der Waals surface area contributed by atoms with Crippen LogP contribution in [-0.2, 0) is 0 Å². The highest BCUT2D eigenvalue weighted by atomic mass is 16.1. The van der Waals surface area contributed by atoms with Gasteiger partial charge in [0.2, 0.25) is 0 Å². The van der Waals surface area contributed by atoms with Crippen molar-refractivity contribution in [3.8, 4) is 22.4 Å². The Morgan fingerprint density at radius 2 is 1.75 bits per heavy atom. The van der Waals surface area contributed by atoms with Gasteiger partial charge in [0.1, 0.15) is 0 Å². The van der Waals surface area contributed by atoms with Crippen LogP contribution in [0.3, 0.4) is 0 Å². The van der Waals surface area contributed by atoms with Crippen molar-refractivity contribution in [1.82, 2.24) is 15.2 Å². The molecule has 24 heavy (non-hydrogen) atoms. The number of hydrogen-bond donors (Lipinski definition) is 3. The summed E-state index contributed by atoms with van der Waals surface area (Å²) in [6.07, 6.45) is 1.89. The Morgan fingerprint density at radius 1 is 0.958 bits per heavy atom. The van der Waals surface area contributed by atoms with Crippen LogP contribution in [0, 0.1) is 0 Å². The molecule has 0 atom stereocenters. The van der Waals surface area contributed by atoms with Gasteiger partial charge in [-0.15, -0.1) is 0 Å². The summed E-state index contributed by atoms with van der Waals surface area (Å²) in [5.74, 6) is 0. The average Bonchev–Trinajstić information content (AvgIpc) is 3.10. The molecule has 4 aromatic rings. The van der Waals surface area contributed by atoms with Crippen LogP contribution < -0.4 is 10.9 Å². The third-order valence-corrected chi connectivity index (χ3v) is 4.14. The van der Waals surface area contributed by atoms with Crippen LogP contribution in [0.1, 0.15) is 0 Å². The zero-order chi connectivity index (χ0) is 16.5. The van der Waals surface area contributed by atoms with E-state index in [9.17, 15) is 4.79 Å². The molecule has 0 aliphatic carbocycles. The fourth-order valence-electron chi connectivity index (χ4n) is 2.80. The second-order valence-electron chi connectivity index (χ2n) is 5.60. The zero-order valence-corrected chi connectivity index (χ0v) is 13.1. The third-order valence-electron chi connectivity index (χ3n) is 4.14. The molecular weight excluding hydrogens is 300 g/mol. The first-order valence-electron chi connectivity index (χ1n) is 7.70. The molecule has 0 bridgehead atoms. The van der Waals surface area contributed by atoms with Crippen molar-refractivity contribution in [2.24, 2.45) is 0 Å². The van der Waals surface area contributed by atoms with Crippen LogP contribution in [0.5, 0.6) is 0 Å². The first-order chi connectivity index (χ1) is 11.7. The van der Waals surface area contributed by atoms with Crippen molar-refractivity contribution < 1.29 is 0 Å². The molecule has 5 heteroatoms. The summed E-state index contributed by atoms with van der Waals surface area (Å²) in [6.45, 7) is 0. The number of nitrogens with one attached hydrogen (secondary N) is 3. The van der Waals surface area contributed by atoms with Crippen LogP contribution >= 0.6 is 0 Å². The topological polar surface area (TPSA) is 73.6 Å². The van der Waals surface area contributed by atoms with E-state index in [0.29, 0.717) is 5.56 Å². The van der Waals surface area contributed by atoms with E-state index in [0.717, 1.165) is 33.4 Å². The Kier molecular flexibility index (Phi) is 3.39. The van der Waals surface area contributed by atoms with Crippen LogP contribution in [0.15, 0.2) is 65.6 Å². The van der Waals surface area contributed by atoms with Gasteiger partial charge in [0.25, 0.3) is 5.56 Å². The standard InChI is InChI=1S/C19H16N4O/c1-20-15-5-2-12(3-6-15)18-11-16(19(24)23-22-18)13-4-7-17-14(10-13)8-9-21-17/h2-11,20-21H,1H3,(H,23,24). The molecule has 0 aliphatic heterocycles. The quantitative estimate of drug-likeness (QED) is 0.540. The predicted octanol–water partition coefficient (Wildman–Crippen LogP) is 3.63. The highest BCUT2D eigenvalue weighted by molar-refractivity contribution is 5.85. The van der Waals surface area contributed by atoms with E-state index in [1.165, 1.54) is 0 Å². The van der Waals surface area contributed by atoms with Crippen molar-refractivity contribution in [2.45, 2.75) is 0 Å². The monoisotopic (exact) mass is 316 g/mol. The molecule has 2 heterocycles. The third kappa shape index (κ3) is 2.46. The lowest BCUT2D eigenvalue weighted by atomic mass is 10.0. The molecule has 2 aromatic heterocycles. The number of rotatable bonds is 3. The van der Waals surface area contributed by atoms with E-state index in [4.69, 9.17) is 0 Å². The Hall–Kier alpha value is -3.34. The molecule has 0 amide bonds. The second kappa shape index (κ2) is 5.70. The molecule has 0 fully saturated rings. The number of H-pyrrole nitrogens is 2. The Morgan fingerprint density at radius 3 is 2.54 bits per heavy atom. The molecule has 4 rings (SSSR count). The summed E-state index contributed by atoms with van der Waals surface area (Å²) in [5.41, 5.74) is 5.06. The van der Waals surface area contributed by atoms with Crippen molar-refractivity contribution in [2.75, 3.05) is 12.4 Å². The van der Waals surface area contributed by atoms with E-state index in [-0.39, 0.29) is 5.56 Å². The zero-order valence-electron chi connectivity index (χ0n) is 13.1.